The van der Waals surface area contributed by atoms with Gasteiger partial charge in [0.25, 0.3) is 0 Å². The van der Waals surface area contributed by atoms with Crippen LogP contribution in [0.4, 0.5) is 0 Å². The molecule has 3 aliphatic carbocycles. The molecule has 0 amide bonds. The van der Waals surface area contributed by atoms with Crippen molar-refractivity contribution in [2.75, 3.05) is 0 Å². The molecular formula is C30H50N2. The summed E-state index contributed by atoms with van der Waals surface area (Å²) < 4.78 is 0. The highest BCUT2D eigenvalue weighted by Crippen LogP contribution is 2.44. The van der Waals surface area contributed by atoms with Gasteiger partial charge in [-0.25, -0.2) is 9.97 Å². The van der Waals surface area contributed by atoms with Crippen molar-refractivity contribution in [1.82, 2.24) is 9.97 Å². The molecule has 1 aromatic rings. The summed E-state index contributed by atoms with van der Waals surface area (Å²) in [6.45, 7) is 4.66. The number of unbranched alkanes of at least 4 members (excludes halogenated alkanes) is 2. The third-order valence-electron chi connectivity index (χ3n) is 9.62. The lowest BCUT2D eigenvalue weighted by molar-refractivity contribution is 0.156. The molecule has 0 aromatic carbocycles. The normalized spacial score (nSPS) is 33.8. The summed E-state index contributed by atoms with van der Waals surface area (Å²) in [4.78, 5) is 9.80. The van der Waals surface area contributed by atoms with Gasteiger partial charge in [-0.15, -0.1) is 0 Å². The average molecular weight is 439 g/mol. The van der Waals surface area contributed by atoms with Crippen LogP contribution in [0, 0.1) is 23.7 Å². The molecule has 3 fully saturated rings. The van der Waals surface area contributed by atoms with E-state index in [9.17, 15) is 0 Å². The van der Waals surface area contributed by atoms with E-state index in [-0.39, 0.29) is 0 Å². The van der Waals surface area contributed by atoms with Crippen molar-refractivity contribution in [3.8, 4) is 0 Å². The zero-order valence-corrected chi connectivity index (χ0v) is 21.2. The fourth-order valence-corrected chi connectivity index (χ4v) is 7.44. The lowest BCUT2D eigenvalue weighted by Gasteiger charge is -2.38. The van der Waals surface area contributed by atoms with Crippen LogP contribution in [0.25, 0.3) is 0 Å². The van der Waals surface area contributed by atoms with Gasteiger partial charge in [-0.2, -0.15) is 0 Å². The summed E-state index contributed by atoms with van der Waals surface area (Å²) in [7, 11) is 0. The Morgan fingerprint density at radius 2 is 1.12 bits per heavy atom. The maximum atomic E-state index is 4.90. The third-order valence-corrected chi connectivity index (χ3v) is 9.62. The molecule has 2 heteroatoms. The minimum absolute atomic E-state index is 0.616. The van der Waals surface area contributed by atoms with Gasteiger partial charge in [-0.1, -0.05) is 65.2 Å². The van der Waals surface area contributed by atoms with Crippen LogP contribution in [-0.2, 0) is 0 Å². The highest BCUT2D eigenvalue weighted by Gasteiger charge is 2.31. The van der Waals surface area contributed by atoms with Gasteiger partial charge in [0.15, 0.2) is 0 Å². The smallest absolute Gasteiger partial charge is 0.131 e. The minimum atomic E-state index is 0.616. The first-order chi connectivity index (χ1) is 15.8. The Kier molecular flexibility index (Phi) is 9.47. The number of hydrogen-bond donors (Lipinski definition) is 0. The maximum absolute atomic E-state index is 4.90. The number of aromatic nitrogens is 2. The zero-order valence-electron chi connectivity index (χ0n) is 21.2. The van der Waals surface area contributed by atoms with E-state index in [1.165, 1.54) is 121 Å². The van der Waals surface area contributed by atoms with Crippen LogP contribution in [0.5, 0.6) is 0 Å². The minimum Gasteiger partial charge on any atom is -0.241 e. The Morgan fingerprint density at radius 1 is 0.594 bits per heavy atom. The van der Waals surface area contributed by atoms with E-state index in [1.807, 2.05) is 0 Å². The van der Waals surface area contributed by atoms with E-state index in [4.69, 9.17) is 9.97 Å². The standard InChI is InChI=1S/C30H50N2/c1-3-5-6-8-24-11-15-28(16-12-24)30-31-21-29(22-32-30)27-19-17-26(18-20-27)25-13-9-23(7-4-2)10-14-25/h21-28H,3-20H2,1-2H3. The molecule has 1 heterocycles. The number of rotatable bonds is 9. The monoisotopic (exact) mass is 438 g/mol. The topological polar surface area (TPSA) is 25.8 Å². The molecule has 0 atom stereocenters. The fourth-order valence-electron chi connectivity index (χ4n) is 7.44. The molecule has 0 bridgehead atoms. The average Bonchev–Trinajstić information content (AvgIpc) is 2.86. The summed E-state index contributed by atoms with van der Waals surface area (Å²) >= 11 is 0. The van der Waals surface area contributed by atoms with Gasteiger partial charge in [-0.3, -0.25) is 0 Å². The Morgan fingerprint density at radius 3 is 1.72 bits per heavy atom. The molecule has 0 N–H and O–H groups in total. The number of nitrogens with zero attached hydrogens (tertiary/aromatic N) is 2. The molecule has 0 spiro atoms. The first-order valence-corrected chi connectivity index (χ1v) is 14.6. The second kappa shape index (κ2) is 12.5. The molecule has 180 valence electrons. The Bertz CT molecular complexity index is 629. The summed E-state index contributed by atoms with van der Waals surface area (Å²) in [5.74, 6) is 6.50. The van der Waals surface area contributed by atoms with E-state index < -0.39 is 0 Å². The largest absolute Gasteiger partial charge is 0.241 e. The Labute approximate surface area is 198 Å². The fraction of sp³-hybridized carbons (Fsp3) is 0.867. The van der Waals surface area contributed by atoms with Crippen LogP contribution in [-0.4, -0.2) is 9.97 Å². The van der Waals surface area contributed by atoms with Crippen LogP contribution >= 0.6 is 0 Å². The van der Waals surface area contributed by atoms with E-state index in [0.717, 1.165) is 29.5 Å². The third kappa shape index (κ3) is 6.57. The quantitative estimate of drug-likeness (QED) is 0.359. The molecule has 2 nitrogen and oxygen atoms in total. The van der Waals surface area contributed by atoms with Crippen molar-refractivity contribution < 1.29 is 0 Å². The van der Waals surface area contributed by atoms with Gasteiger partial charge in [0.05, 0.1) is 0 Å². The van der Waals surface area contributed by atoms with Crippen molar-refractivity contribution in [2.45, 2.75) is 141 Å². The first-order valence-electron chi connectivity index (χ1n) is 14.6. The van der Waals surface area contributed by atoms with Gasteiger partial charge >= 0.3 is 0 Å². The highest BCUT2D eigenvalue weighted by molar-refractivity contribution is 5.14. The van der Waals surface area contributed by atoms with Gasteiger partial charge in [0.2, 0.25) is 0 Å². The van der Waals surface area contributed by atoms with Crippen LogP contribution < -0.4 is 0 Å². The predicted molar refractivity (Wildman–Crippen MR) is 136 cm³/mol. The lowest BCUT2D eigenvalue weighted by Crippen LogP contribution is -2.25. The SMILES string of the molecule is CCCCCC1CCC(c2ncc(C3CCC(C4CCC(CCC)CC4)CC3)cn2)CC1. The van der Waals surface area contributed by atoms with Crippen molar-refractivity contribution in [2.24, 2.45) is 23.7 Å². The van der Waals surface area contributed by atoms with Gasteiger partial charge in [0, 0.05) is 18.3 Å². The summed E-state index contributed by atoms with van der Waals surface area (Å²) in [5, 5.41) is 0. The van der Waals surface area contributed by atoms with Crippen LogP contribution in [0.15, 0.2) is 12.4 Å². The van der Waals surface area contributed by atoms with Crippen molar-refractivity contribution >= 4 is 0 Å². The summed E-state index contributed by atoms with van der Waals surface area (Å²) in [6.07, 6.45) is 29.9. The van der Waals surface area contributed by atoms with Gasteiger partial charge in [0.1, 0.15) is 5.82 Å². The van der Waals surface area contributed by atoms with Crippen molar-refractivity contribution in [3.05, 3.63) is 23.8 Å². The molecule has 32 heavy (non-hydrogen) atoms. The Balaban J connectivity index is 1.19. The van der Waals surface area contributed by atoms with E-state index in [0.29, 0.717) is 11.8 Å². The molecule has 4 rings (SSSR count). The van der Waals surface area contributed by atoms with E-state index in [1.54, 1.807) is 0 Å². The maximum Gasteiger partial charge on any atom is 0.131 e. The van der Waals surface area contributed by atoms with Crippen LogP contribution in [0.2, 0.25) is 0 Å². The second-order valence-corrected chi connectivity index (χ2v) is 11.8. The Hall–Kier alpha value is -0.920. The molecule has 3 aliphatic rings. The van der Waals surface area contributed by atoms with Crippen LogP contribution in [0.3, 0.4) is 0 Å². The van der Waals surface area contributed by atoms with Crippen LogP contribution in [0.1, 0.15) is 153 Å². The van der Waals surface area contributed by atoms with E-state index in [2.05, 4.69) is 26.2 Å². The predicted octanol–water partition coefficient (Wildman–Crippen LogP) is 9.21. The van der Waals surface area contributed by atoms with Crippen molar-refractivity contribution in [1.29, 1.82) is 0 Å². The lowest BCUT2D eigenvalue weighted by atomic mass is 9.68. The molecule has 1 aromatic heterocycles. The summed E-state index contributed by atoms with van der Waals surface area (Å²) in [5.41, 5.74) is 1.42. The molecule has 0 saturated heterocycles. The molecule has 3 saturated carbocycles. The zero-order chi connectivity index (χ0) is 22.2. The molecular weight excluding hydrogens is 388 g/mol. The number of hydrogen-bond acceptors (Lipinski definition) is 2. The first kappa shape index (κ1) is 24.2. The van der Waals surface area contributed by atoms with E-state index >= 15 is 0 Å². The highest BCUT2D eigenvalue weighted by atomic mass is 14.9. The molecule has 0 aliphatic heterocycles. The molecule has 0 radical (unpaired) electrons. The van der Waals surface area contributed by atoms with Crippen molar-refractivity contribution in [3.63, 3.8) is 0 Å². The second-order valence-electron chi connectivity index (χ2n) is 11.8. The van der Waals surface area contributed by atoms with Gasteiger partial charge < -0.3 is 0 Å². The summed E-state index contributed by atoms with van der Waals surface area (Å²) in [6, 6.07) is 0. The molecule has 0 unspecified atom stereocenters. The van der Waals surface area contributed by atoms with Gasteiger partial charge in [-0.05, 0) is 99.4 Å².